The molecule has 29 heavy (non-hydrogen) atoms. The molecule has 1 heterocycles. The third kappa shape index (κ3) is 5.46. The van der Waals surface area contributed by atoms with Crippen LogP contribution in [0.4, 0.5) is 5.69 Å². The fourth-order valence-corrected chi connectivity index (χ4v) is 3.84. The minimum atomic E-state index is -0.300. The Labute approximate surface area is 178 Å². The number of thioether (sulfide) groups is 1. The second kappa shape index (κ2) is 9.71. The summed E-state index contributed by atoms with van der Waals surface area (Å²) in [5.74, 6) is 1.51. The Morgan fingerprint density at radius 1 is 1.21 bits per heavy atom. The molecule has 2 aromatic rings. The summed E-state index contributed by atoms with van der Waals surface area (Å²) in [7, 11) is 1.59. The number of rotatable bonds is 6. The van der Waals surface area contributed by atoms with Crippen molar-refractivity contribution in [3.05, 3.63) is 69.3 Å². The highest BCUT2D eigenvalue weighted by atomic mass is 35.5. The molecule has 0 atom stereocenters. The number of anilines is 1. The first-order valence-electron chi connectivity index (χ1n) is 8.96. The fraction of sp³-hybridized carbons (Fsp3) is 0.238. The van der Waals surface area contributed by atoms with Crippen LogP contribution in [0.2, 0.25) is 5.02 Å². The van der Waals surface area contributed by atoms with E-state index in [2.05, 4.69) is 10.6 Å². The predicted octanol–water partition coefficient (Wildman–Crippen LogP) is 4.21. The Morgan fingerprint density at radius 2 is 2.03 bits per heavy atom. The van der Waals surface area contributed by atoms with Crippen molar-refractivity contribution >= 4 is 40.9 Å². The summed E-state index contributed by atoms with van der Waals surface area (Å²) in [6, 6.07) is 12.2. The van der Waals surface area contributed by atoms with E-state index in [-0.39, 0.29) is 16.8 Å². The third-order valence-corrected chi connectivity index (χ3v) is 5.68. The molecule has 0 saturated carbocycles. The van der Waals surface area contributed by atoms with Crippen LogP contribution >= 0.6 is 23.4 Å². The molecule has 0 radical (unpaired) electrons. The number of benzene rings is 2. The van der Waals surface area contributed by atoms with Crippen LogP contribution in [0.1, 0.15) is 22.8 Å². The fourth-order valence-electron chi connectivity index (χ4n) is 2.76. The topological polar surface area (TPSA) is 76.7 Å². The zero-order valence-electron chi connectivity index (χ0n) is 16.1. The Morgan fingerprint density at radius 3 is 2.76 bits per heavy atom. The lowest BCUT2D eigenvalue weighted by atomic mass is 10.1. The Balaban J connectivity index is 1.64. The number of nitrogens with one attached hydrogen (secondary N) is 2. The molecule has 0 aromatic heterocycles. The van der Waals surface area contributed by atoms with Crippen LogP contribution in [0.25, 0.3) is 0 Å². The van der Waals surface area contributed by atoms with E-state index in [1.807, 2.05) is 24.3 Å². The van der Waals surface area contributed by atoms with Crippen molar-refractivity contribution < 1.29 is 19.1 Å². The molecule has 2 N–H and O–H groups in total. The van der Waals surface area contributed by atoms with Gasteiger partial charge in [0.2, 0.25) is 0 Å². The number of methoxy groups -OCH3 is 1. The molecular weight excluding hydrogens is 412 g/mol. The maximum absolute atomic E-state index is 12.5. The van der Waals surface area contributed by atoms with Crippen LogP contribution in [-0.4, -0.2) is 31.3 Å². The minimum Gasteiger partial charge on any atom is -0.497 e. The van der Waals surface area contributed by atoms with Crippen LogP contribution in [0.15, 0.2) is 53.1 Å². The van der Waals surface area contributed by atoms with E-state index in [1.54, 1.807) is 32.2 Å². The normalized spacial score (nSPS) is 13.5. The molecule has 6 nitrogen and oxygen atoms in total. The minimum absolute atomic E-state index is 0.251. The lowest BCUT2D eigenvalue weighted by Gasteiger charge is -2.18. The molecule has 0 fully saturated rings. The van der Waals surface area contributed by atoms with E-state index < -0.39 is 0 Å². The van der Waals surface area contributed by atoms with E-state index in [0.29, 0.717) is 35.1 Å². The van der Waals surface area contributed by atoms with Crippen LogP contribution in [0.3, 0.4) is 0 Å². The standard InChI is InChI=1S/C21H21ClN2O4S/c1-13-19(29-9-8-28-13)21(26)24-15-6-7-17(18(22)11-15)20(25)23-12-14-4-3-5-16(10-14)27-2/h3-7,10-11H,8-9,12H2,1-2H3,(H,23,25)(H,24,26). The van der Waals surface area contributed by atoms with E-state index in [9.17, 15) is 9.59 Å². The van der Waals surface area contributed by atoms with Gasteiger partial charge in [0.05, 0.1) is 24.3 Å². The first kappa shape index (κ1) is 21.1. The molecule has 0 bridgehead atoms. The van der Waals surface area contributed by atoms with Crippen molar-refractivity contribution in [2.75, 3.05) is 24.8 Å². The summed E-state index contributed by atoms with van der Waals surface area (Å²) in [6.45, 7) is 2.71. The average Bonchev–Trinajstić information content (AvgIpc) is 2.72. The molecule has 1 aliphatic rings. The van der Waals surface area contributed by atoms with Crippen molar-refractivity contribution in [2.45, 2.75) is 13.5 Å². The monoisotopic (exact) mass is 432 g/mol. The van der Waals surface area contributed by atoms with Gasteiger partial charge in [-0.25, -0.2) is 0 Å². The van der Waals surface area contributed by atoms with Gasteiger partial charge in [0, 0.05) is 18.0 Å². The number of allylic oxidation sites excluding steroid dienone is 1. The Hall–Kier alpha value is -2.64. The van der Waals surface area contributed by atoms with Gasteiger partial charge in [0.1, 0.15) is 16.4 Å². The maximum atomic E-state index is 12.5. The van der Waals surface area contributed by atoms with E-state index >= 15 is 0 Å². The SMILES string of the molecule is COc1cccc(CNC(=O)c2ccc(NC(=O)C3=C(C)OCCS3)cc2Cl)c1. The number of carbonyl (C=O) groups excluding carboxylic acids is 2. The van der Waals surface area contributed by atoms with E-state index in [4.69, 9.17) is 21.1 Å². The van der Waals surface area contributed by atoms with Crippen molar-refractivity contribution in [3.8, 4) is 5.75 Å². The van der Waals surface area contributed by atoms with Crippen LogP contribution < -0.4 is 15.4 Å². The molecule has 3 rings (SSSR count). The molecule has 2 aromatic carbocycles. The van der Waals surface area contributed by atoms with Gasteiger partial charge >= 0.3 is 0 Å². The first-order valence-corrected chi connectivity index (χ1v) is 10.3. The summed E-state index contributed by atoms with van der Waals surface area (Å²) < 4.78 is 10.6. The maximum Gasteiger partial charge on any atom is 0.265 e. The highest BCUT2D eigenvalue weighted by Gasteiger charge is 2.19. The second-order valence-electron chi connectivity index (χ2n) is 6.27. The molecule has 152 valence electrons. The van der Waals surface area contributed by atoms with E-state index in [0.717, 1.165) is 17.1 Å². The molecule has 8 heteroatoms. The second-order valence-corrected chi connectivity index (χ2v) is 7.78. The number of hydrogen-bond donors (Lipinski definition) is 2. The number of amides is 2. The largest absolute Gasteiger partial charge is 0.497 e. The van der Waals surface area contributed by atoms with Gasteiger partial charge < -0.3 is 20.1 Å². The zero-order chi connectivity index (χ0) is 20.8. The number of ether oxygens (including phenoxy) is 2. The summed E-state index contributed by atoms with van der Waals surface area (Å²) in [5.41, 5.74) is 1.75. The van der Waals surface area contributed by atoms with Crippen molar-refractivity contribution in [3.63, 3.8) is 0 Å². The average molecular weight is 433 g/mol. The van der Waals surface area contributed by atoms with Gasteiger partial charge in [0.15, 0.2) is 0 Å². The first-order chi connectivity index (χ1) is 14.0. The molecular formula is C21H21ClN2O4S. The van der Waals surface area contributed by atoms with Crippen LogP contribution in [-0.2, 0) is 16.1 Å². The van der Waals surface area contributed by atoms with Gasteiger partial charge in [-0.2, -0.15) is 0 Å². The van der Waals surface area contributed by atoms with Gasteiger partial charge in [-0.3, -0.25) is 9.59 Å². The van der Waals surface area contributed by atoms with Gasteiger partial charge in [-0.1, -0.05) is 23.7 Å². The van der Waals surface area contributed by atoms with Crippen LogP contribution in [0.5, 0.6) is 5.75 Å². The molecule has 0 saturated heterocycles. The number of carbonyl (C=O) groups is 2. The number of halogens is 1. The summed E-state index contributed by atoms with van der Waals surface area (Å²) >= 11 is 7.73. The zero-order valence-corrected chi connectivity index (χ0v) is 17.7. The van der Waals surface area contributed by atoms with Crippen molar-refractivity contribution in [1.29, 1.82) is 0 Å². The smallest absolute Gasteiger partial charge is 0.265 e. The summed E-state index contributed by atoms with van der Waals surface area (Å²) in [5, 5.41) is 5.88. The molecule has 2 amide bonds. The van der Waals surface area contributed by atoms with E-state index in [1.165, 1.54) is 11.8 Å². The van der Waals surface area contributed by atoms with Gasteiger partial charge in [-0.15, -0.1) is 11.8 Å². The van der Waals surface area contributed by atoms with Gasteiger partial charge in [0.25, 0.3) is 11.8 Å². The lowest BCUT2D eigenvalue weighted by molar-refractivity contribution is -0.112. The molecule has 0 aliphatic carbocycles. The summed E-state index contributed by atoms with van der Waals surface area (Å²) in [4.78, 5) is 25.4. The Kier molecular flexibility index (Phi) is 7.06. The highest BCUT2D eigenvalue weighted by Crippen LogP contribution is 2.28. The highest BCUT2D eigenvalue weighted by molar-refractivity contribution is 8.04. The lowest BCUT2D eigenvalue weighted by Crippen LogP contribution is -2.23. The molecule has 0 spiro atoms. The summed E-state index contributed by atoms with van der Waals surface area (Å²) in [6.07, 6.45) is 0. The van der Waals surface area contributed by atoms with Gasteiger partial charge in [-0.05, 0) is 42.8 Å². The third-order valence-electron chi connectivity index (χ3n) is 4.23. The van der Waals surface area contributed by atoms with Crippen molar-refractivity contribution in [2.24, 2.45) is 0 Å². The van der Waals surface area contributed by atoms with Crippen LogP contribution in [0, 0.1) is 0 Å². The number of hydrogen-bond acceptors (Lipinski definition) is 5. The predicted molar refractivity (Wildman–Crippen MR) is 115 cm³/mol. The quantitative estimate of drug-likeness (QED) is 0.715. The molecule has 0 unspecified atom stereocenters. The van der Waals surface area contributed by atoms with Crippen molar-refractivity contribution in [1.82, 2.24) is 5.32 Å². The Bertz CT molecular complexity index is 961. The molecule has 1 aliphatic heterocycles.